The fourth-order valence-electron chi connectivity index (χ4n) is 1.64. The first-order valence-corrected chi connectivity index (χ1v) is 6.23. The smallest absolute Gasteiger partial charge is 0.338 e. The number of aromatic carboxylic acids is 1. The molecule has 1 saturated heterocycles. The largest absolute Gasteiger partial charge is 0.478 e. The van der Waals surface area contributed by atoms with Gasteiger partial charge in [-0.05, 0) is 6.07 Å². The van der Waals surface area contributed by atoms with Gasteiger partial charge < -0.3 is 5.11 Å². The van der Waals surface area contributed by atoms with E-state index in [1.165, 1.54) is 0 Å². The van der Waals surface area contributed by atoms with Gasteiger partial charge in [-0.2, -0.15) is 0 Å². The molecular weight excluding hydrogens is 280 g/mol. The standard InChI is InChI=1S/C11H7F2NO4S/c12-6-2-7(13)8(1-5(6)11(17)18)14-9(15)3-19-4-10(14)16/h1-2H,3-4H2,(H,17,18). The molecule has 0 bridgehead atoms. The Morgan fingerprint density at radius 2 is 1.74 bits per heavy atom. The van der Waals surface area contributed by atoms with Crippen LogP contribution in [-0.4, -0.2) is 34.4 Å². The first kappa shape index (κ1) is 13.5. The average Bonchev–Trinajstić information content (AvgIpc) is 2.30. The third-order valence-corrected chi connectivity index (χ3v) is 3.36. The molecule has 1 aliphatic heterocycles. The molecular formula is C11H7F2NO4S. The van der Waals surface area contributed by atoms with Crippen LogP contribution >= 0.6 is 11.8 Å². The molecule has 0 unspecified atom stereocenters. The van der Waals surface area contributed by atoms with Gasteiger partial charge >= 0.3 is 5.97 Å². The molecule has 0 aliphatic carbocycles. The summed E-state index contributed by atoms with van der Waals surface area (Å²) in [5.41, 5.74) is -1.33. The van der Waals surface area contributed by atoms with E-state index in [0.29, 0.717) is 17.0 Å². The second-order valence-electron chi connectivity index (χ2n) is 3.70. The third-order valence-electron chi connectivity index (χ3n) is 2.46. The van der Waals surface area contributed by atoms with Gasteiger partial charge in [-0.15, -0.1) is 11.8 Å². The Kier molecular flexibility index (Phi) is 3.52. The van der Waals surface area contributed by atoms with Crippen LogP contribution in [0, 0.1) is 11.6 Å². The lowest BCUT2D eigenvalue weighted by atomic mass is 10.1. The molecule has 2 rings (SSSR count). The number of thioether (sulfide) groups is 1. The van der Waals surface area contributed by atoms with Gasteiger partial charge in [0.25, 0.3) is 0 Å². The van der Waals surface area contributed by atoms with Crippen molar-refractivity contribution in [3.63, 3.8) is 0 Å². The molecule has 5 nitrogen and oxygen atoms in total. The number of rotatable bonds is 2. The zero-order chi connectivity index (χ0) is 14.2. The molecule has 8 heteroatoms. The van der Waals surface area contributed by atoms with Crippen LogP contribution in [0.15, 0.2) is 12.1 Å². The predicted octanol–water partition coefficient (Wildman–Crippen LogP) is 1.27. The van der Waals surface area contributed by atoms with Crippen LogP contribution in [-0.2, 0) is 9.59 Å². The van der Waals surface area contributed by atoms with E-state index in [1.54, 1.807) is 0 Å². The summed E-state index contributed by atoms with van der Waals surface area (Å²) in [6, 6.07) is 1.000. The van der Waals surface area contributed by atoms with Crippen molar-refractivity contribution in [3.8, 4) is 0 Å². The Labute approximate surface area is 110 Å². The summed E-state index contributed by atoms with van der Waals surface area (Å²) in [6.07, 6.45) is 0. The number of nitrogens with zero attached hydrogens (tertiary/aromatic N) is 1. The van der Waals surface area contributed by atoms with E-state index < -0.39 is 40.7 Å². The Bertz CT molecular complexity index is 574. The summed E-state index contributed by atoms with van der Waals surface area (Å²) in [6.45, 7) is 0. The lowest BCUT2D eigenvalue weighted by Gasteiger charge is -2.25. The number of carboxylic acids is 1. The summed E-state index contributed by atoms with van der Waals surface area (Å²) in [5, 5.41) is 8.76. The molecule has 1 aliphatic rings. The molecule has 19 heavy (non-hydrogen) atoms. The molecule has 1 aromatic carbocycles. The molecule has 100 valence electrons. The third kappa shape index (κ3) is 2.43. The summed E-state index contributed by atoms with van der Waals surface area (Å²) < 4.78 is 26.9. The molecule has 0 aromatic heterocycles. The quantitative estimate of drug-likeness (QED) is 0.829. The topological polar surface area (TPSA) is 74.7 Å². The SMILES string of the molecule is O=C(O)c1cc(N2C(=O)CSCC2=O)c(F)cc1F. The zero-order valence-corrected chi connectivity index (χ0v) is 10.2. The summed E-state index contributed by atoms with van der Waals surface area (Å²) >= 11 is 1.08. The van der Waals surface area contributed by atoms with Crippen molar-refractivity contribution < 1.29 is 28.3 Å². The number of carbonyl (C=O) groups is 3. The van der Waals surface area contributed by atoms with Crippen molar-refractivity contribution in [3.05, 3.63) is 29.3 Å². The lowest BCUT2D eigenvalue weighted by Crippen LogP contribution is -2.43. The highest BCUT2D eigenvalue weighted by Gasteiger charge is 2.31. The highest BCUT2D eigenvalue weighted by molar-refractivity contribution is 8.00. The van der Waals surface area contributed by atoms with E-state index in [9.17, 15) is 23.2 Å². The van der Waals surface area contributed by atoms with Crippen LogP contribution in [0.5, 0.6) is 0 Å². The zero-order valence-electron chi connectivity index (χ0n) is 9.35. The van der Waals surface area contributed by atoms with E-state index in [2.05, 4.69) is 0 Å². The number of carbonyl (C=O) groups excluding carboxylic acids is 2. The molecule has 1 fully saturated rings. The predicted molar refractivity (Wildman–Crippen MR) is 63.1 cm³/mol. The van der Waals surface area contributed by atoms with Crippen molar-refractivity contribution in [1.29, 1.82) is 0 Å². The summed E-state index contributed by atoms with van der Waals surface area (Å²) in [4.78, 5) is 34.5. The van der Waals surface area contributed by atoms with Gasteiger partial charge in [-0.3, -0.25) is 9.59 Å². The molecule has 0 radical (unpaired) electrons. The molecule has 0 saturated carbocycles. The maximum Gasteiger partial charge on any atom is 0.338 e. The highest BCUT2D eigenvalue weighted by atomic mass is 32.2. The minimum Gasteiger partial charge on any atom is -0.478 e. The maximum atomic E-state index is 13.6. The van der Waals surface area contributed by atoms with Crippen LogP contribution in [0.4, 0.5) is 14.5 Å². The van der Waals surface area contributed by atoms with Gasteiger partial charge in [0.15, 0.2) is 0 Å². The number of carboxylic acid groups (broad SMARTS) is 1. The number of anilines is 1. The van der Waals surface area contributed by atoms with Crippen LogP contribution in [0.2, 0.25) is 0 Å². The summed E-state index contributed by atoms with van der Waals surface area (Å²) in [7, 11) is 0. The minimum atomic E-state index is -1.61. The molecule has 1 heterocycles. The van der Waals surface area contributed by atoms with Crippen molar-refractivity contribution in [2.75, 3.05) is 16.4 Å². The molecule has 0 spiro atoms. The number of halogens is 2. The maximum absolute atomic E-state index is 13.6. The van der Waals surface area contributed by atoms with Crippen LogP contribution in [0.25, 0.3) is 0 Å². The Balaban J connectivity index is 2.55. The Morgan fingerprint density at radius 3 is 2.26 bits per heavy atom. The van der Waals surface area contributed by atoms with Crippen molar-refractivity contribution in [2.24, 2.45) is 0 Å². The number of hydrogen-bond acceptors (Lipinski definition) is 4. The molecule has 2 amide bonds. The average molecular weight is 287 g/mol. The number of imide groups is 1. The van der Waals surface area contributed by atoms with Crippen molar-refractivity contribution in [1.82, 2.24) is 0 Å². The fraction of sp³-hybridized carbons (Fsp3) is 0.182. The van der Waals surface area contributed by atoms with Crippen LogP contribution in [0.1, 0.15) is 10.4 Å². The molecule has 1 aromatic rings. The van der Waals surface area contributed by atoms with E-state index in [0.717, 1.165) is 11.8 Å². The molecule has 1 N–H and O–H groups in total. The first-order chi connectivity index (χ1) is 8.91. The highest BCUT2D eigenvalue weighted by Crippen LogP contribution is 2.27. The van der Waals surface area contributed by atoms with Gasteiger partial charge in [-0.1, -0.05) is 0 Å². The monoisotopic (exact) mass is 287 g/mol. The van der Waals surface area contributed by atoms with Crippen molar-refractivity contribution >= 4 is 35.2 Å². The normalized spacial score (nSPS) is 15.8. The van der Waals surface area contributed by atoms with Crippen LogP contribution in [0.3, 0.4) is 0 Å². The van der Waals surface area contributed by atoms with Crippen molar-refractivity contribution in [2.45, 2.75) is 0 Å². The van der Waals surface area contributed by atoms with Gasteiger partial charge in [0.1, 0.15) is 11.6 Å². The fourth-order valence-corrected chi connectivity index (χ4v) is 2.34. The minimum absolute atomic E-state index is 0.0229. The Hall–Kier alpha value is -1.96. The first-order valence-electron chi connectivity index (χ1n) is 5.07. The number of amides is 2. The van der Waals surface area contributed by atoms with E-state index >= 15 is 0 Å². The van der Waals surface area contributed by atoms with Gasteiger partial charge in [0, 0.05) is 6.07 Å². The van der Waals surface area contributed by atoms with E-state index in [-0.39, 0.29) is 11.5 Å². The van der Waals surface area contributed by atoms with E-state index in [1.807, 2.05) is 0 Å². The number of benzene rings is 1. The van der Waals surface area contributed by atoms with Gasteiger partial charge in [0.05, 0.1) is 22.8 Å². The molecule has 0 atom stereocenters. The lowest BCUT2D eigenvalue weighted by molar-refractivity contribution is -0.124. The second-order valence-corrected chi connectivity index (χ2v) is 4.69. The van der Waals surface area contributed by atoms with Gasteiger partial charge in [0.2, 0.25) is 11.8 Å². The van der Waals surface area contributed by atoms with Gasteiger partial charge in [-0.25, -0.2) is 18.5 Å². The Morgan fingerprint density at radius 1 is 1.16 bits per heavy atom. The second kappa shape index (κ2) is 4.96. The summed E-state index contributed by atoms with van der Waals surface area (Å²) in [5.74, 6) is -5.40. The number of hydrogen-bond donors (Lipinski definition) is 1. The van der Waals surface area contributed by atoms with E-state index in [4.69, 9.17) is 5.11 Å². The van der Waals surface area contributed by atoms with Crippen LogP contribution < -0.4 is 4.90 Å².